The molecule has 0 unspecified atom stereocenters. The molecule has 0 N–H and O–H groups in total. The van der Waals surface area contributed by atoms with Crippen molar-refractivity contribution in [3.8, 4) is 23.0 Å². The van der Waals surface area contributed by atoms with Gasteiger partial charge in [-0.25, -0.2) is 4.79 Å². The van der Waals surface area contributed by atoms with Gasteiger partial charge in [-0.05, 0) is 61.4 Å². The maximum atomic E-state index is 12.0. The van der Waals surface area contributed by atoms with E-state index in [0.717, 1.165) is 22.6 Å². The molecule has 0 aliphatic rings. The zero-order valence-corrected chi connectivity index (χ0v) is 14.8. The van der Waals surface area contributed by atoms with E-state index < -0.39 is 5.97 Å². The second kappa shape index (κ2) is 8.21. The number of hydrogen-bond acceptors (Lipinski definition) is 4. The van der Waals surface area contributed by atoms with E-state index >= 15 is 0 Å². The number of para-hydroxylation sites is 2. The molecule has 4 heteroatoms. The van der Waals surface area contributed by atoms with Crippen molar-refractivity contribution in [3.05, 3.63) is 83.9 Å². The molecule has 3 aromatic rings. The van der Waals surface area contributed by atoms with Crippen molar-refractivity contribution in [1.29, 1.82) is 0 Å². The van der Waals surface area contributed by atoms with Crippen LogP contribution in [0.5, 0.6) is 23.0 Å². The van der Waals surface area contributed by atoms with Crippen molar-refractivity contribution < 1.29 is 19.0 Å². The van der Waals surface area contributed by atoms with E-state index in [1.165, 1.54) is 0 Å². The summed E-state index contributed by atoms with van der Waals surface area (Å²) in [5, 5.41) is 0. The van der Waals surface area contributed by atoms with Gasteiger partial charge in [0.1, 0.15) is 23.0 Å². The molecule has 0 amide bonds. The van der Waals surface area contributed by atoms with Crippen molar-refractivity contribution in [2.24, 2.45) is 0 Å². The van der Waals surface area contributed by atoms with E-state index in [2.05, 4.69) is 0 Å². The van der Waals surface area contributed by atoms with Gasteiger partial charge < -0.3 is 14.2 Å². The minimum atomic E-state index is -0.454. The van der Waals surface area contributed by atoms with Gasteiger partial charge in [-0.3, -0.25) is 0 Å². The fraction of sp³-hybridized carbons (Fsp3) is 0.136. The van der Waals surface area contributed by atoms with Gasteiger partial charge in [0.05, 0.1) is 0 Å². The Bertz CT molecular complexity index is 850. The number of aryl methyl sites for hydroxylation is 2. The van der Waals surface area contributed by atoms with Gasteiger partial charge in [0.25, 0.3) is 0 Å². The summed E-state index contributed by atoms with van der Waals surface area (Å²) in [6.45, 7) is 3.74. The highest BCUT2D eigenvalue weighted by atomic mass is 16.6. The van der Waals surface area contributed by atoms with Crippen LogP contribution in [0.3, 0.4) is 0 Å². The van der Waals surface area contributed by atoms with Gasteiger partial charge in [0.15, 0.2) is 6.61 Å². The summed E-state index contributed by atoms with van der Waals surface area (Å²) in [6, 6.07) is 22.2. The predicted octanol–water partition coefficient (Wildman–Crippen LogP) is 5.08. The lowest BCUT2D eigenvalue weighted by Gasteiger charge is -2.11. The largest absolute Gasteiger partial charge is 0.481 e. The molecule has 4 nitrogen and oxygen atoms in total. The molecule has 0 saturated heterocycles. The molecule has 0 saturated carbocycles. The first-order valence-corrected chi connectivity index (χ1v) is 8.34. The minimum absolute atomic E-state index is 0.145. The van der Waals surface area contributed by atoms with Crippen molar-refractivity contribution in [1.82, 2.24) is 0 Å². The van der Waals surface area contributed by atoms with Crippen LogP contribution in [0.25, 0.3) is 0 Å². The van der Waals surface area contributed by atoms with Crippen molar-refractivity contribution in [2.75, 3.05) is 6.61 Å². The monoisotopic (exact) mass is 348 g/mol. The topological polar surface area (TPSA) is 44.8 Å². The van der Waals surface area contributed by atoms with Crippen LogP contribution in [0.15, 0.2) is 72.8 Å². The van der Waals surface area contributed by atoms with E-state index in [1.807, 2.05) is 62.4 Å². The highest BCUT2D eigenvalue weighted by Crippen LogP contribution is 2.24. The summed E-state index contributed by atoms with van der Waals surface area (Å²) in [6.07, 6.45) is 0. The third-order valence-electron chi connectivity index (χ3n) is 3.78. The van der Waals surface area contributed by atoms with Gasteiger partial charge in [-0.2, -0.15) is 0 Å². The molecule has 0 aliphatic carbocycles. The number of benzene rings is 3. The quantitative estimate of drug-likeness (QED) is 0.460. The van der Waals surface area contributed by atoms with Crippen LogP contribution in [0.4, 0.5) is 0 Å². The molecular weight excluding hydrogens is 328 g/mol. The second-order valence-corrected chi connectivity index (χ2v) is 5.87. The average Bonchev–Trinajstić information content (AvgIpc) is 2.64. The Morgan fingerprint density at radius 2 is 1.31 bits per heavy atom. The predicted molar refractivity (Wildman–Crippen MR) is 100 cm³/mol. The molecular formula is C22H20O4. The normalized spacial score (nSPS) is 10.2. The van der Waals surface area contributed by atoms with Gasteiger partial charge >= 0.3 is 5.97 Å². The number of carbonyl (C=O) groups excluding carboxylic acids is 1. The maximum Gasteiger partial charge on any atom is 0.349 e. The summed E-state index contributed by atoms with van der Waals surface area (Å²) in [7, 11) is 0. The summed E-state index contributed by atoms with van der Waals surface area (Å²) < 4.78 is 16.6. The van der Waals surface area contributed by atoms with Gasteiger partial charge in [-0.1, -0.05) is 36.4 Å². The molecule has 132 valence electrons. The Hall–Kier alpha value is -3.27. The zero-order valence-electron chi connectivity index (χ0n) is 14.8. The first-order valence-electron chi connectivity index (χ1n) is 8.34. The Balaban J connectivity index is 1.54. The van der Waals surface area contributed by atoms with Crippen LogP contribution < -0.4 is 14.2 Å². The summed E-state index contributed by atoms with van der Waals surface area (Å²) in [4.78, 5) is 12.0. The maximum absolute atomic E-state index is 12.0. The molecule has 0 fully saturated rings. The average molecular weight is 348 g/mol. The third-order valence-corrected chi connectivity index (χ3v) is 3.78. The molecule has 0 heterocycles. The van der Waals surface area contributed by atoms with Crippen LogP contribution in [-0.4, -0.2) is 12.6 Å². The molecule has 0 bridgehead atoms. The van der Waals surface area contributed by atoms with Gasteiger partial charge in [-0.15, -0.1) is 0 Å². The lowest BCUT2D eigenvalue weighted by Crippen LogP contribution is -2.18. The van der Waals surface area contributed by atoms with E-state index in [-0.39, 0.29) is 6.61 Å². The summed E-state index contributed by atoms with van der Waals surface area (Å²) in [5.74, 6) is 2.13. The van der Waals surface area contributed by atoms with Gasteiger partial charge in [0, 0.05) is 0 Å². The molecule has 3 aromatic carbocycles. The van der Waals surface area contributed by atoms with Crippen molar-refractivity contribution >= 4 is 5.97 Å². The minimum Gasteiger partial charge on any atom is -0.481 e. The van der Waals surface area contributed by atoms with E-state index in [4.69, 9.17) is 14.2 Å². The molecule has 0 atom stereocenters. The molecule has 0 aromatic heterocycles. The van der Waals surface area contributed by atoms with Crippen LogP contribution >= 0.6 is 0 Å². The van der Waals surface area contributed by atoms with E-state index in [9.17, 15) is 4.79 Å². The summed E-state index contributed by atoms with van der Waals surface area (Å²) in [5.41, 5.74) is 1.97. The Labute approximate surface area is 153 Å². The first kappa shape index (κ1) is 17.5. The molecule has 26 heavy (non-hydrogen) atoms. The zero-order chi connectivity index (χ0) is 18.4. The number of rotatable bonds is 6. The molecule has 3 rings (SSSR count). The Kier molecular flexibility index (Phi) is 5.54. The molecule has 0 radical (unpaired) electrons. The van der Waals surface area contributed by atoms with E-state index in [1.54, 1.807) is 24.3 Å². The highest BCUT2D eigenvalue weighted by molar-refractivity contribution is 5.74. The first-order chi connectivity index (χ1) is 12.6. The standard InChI is InChI=1S/C22H20O4/c1-16-7-6-8-17(2)22(16)24-15-21(23)26-20-13-11-19(12-14-20)25-18-9-4-3-5-10-18/h3-14H,15H2,1-2H3. The van der Waals surface area contributed by atoms with Crippen molar-refractivity contribution in [2.45, 2.75) is 13.8 Å². The Morgan fingerprint density at radius 1 is 0.731 bits per heavy atom. The van der Waals surface area contributed by atoms with Gasteiger partial charge in [0.2, 0.25) is 0 Å². The van der Waals surface area contributed by atoms with E-state index in [0.29, 0.717) is 11.5 Å². The highest BCUT2D eigenvalue weighted by Gasteiger charge is 2.09. The smallest absolute Gasteiger partial charge is 0.349 e. The fourth-order valence-corrected chi connectivity index (χ4v) is 2.52. The number of hydrogen-bond donors (Lipinski definition) is 0. The fourth-order valence-electron chi connectivity index (χ4n) is 2.52. The molecule has 0 spiro atoms. The van der Waals surface area contributed by atoms with Crippen LogP contribution in [0, 0.1) is 13.8 Å². The number of carbonyl (C=O) groups is 1. The van der Waals surface area contributed by atoms with Crippen LogP contribution in [0.1, 0.15) is 11.1 Å². The second-order valence-electron chi connectivity index (χ2n) is 5.87. The SMILES string of the molecule is Cc1cccc(C)c1OCC(=O)Oc1ccc(Oc2ccccc2)cc1. The third kappa shape index (κ3) is 4.63. The number of esters is 1. The van der Waals surface area contributed by atoms with Crippen LogP contribution in [-0.2, 0) is 4.79 Å². The Morgan fingerprint density at radius 3 is 1.96 bits per heavy atom. The molecule has 0 aliphatic heterocycles. The summed E-state index contributed by atoms with van der Waals surface area (Å²) >= 11 is 0. The lowest BCUT2D eigenvalue weighted by atomic mass is 10.1. The number of ether oxygens (including phenoxy) is 3. The van der Waals surface area contributed by atoms with Crippen LogP contribution in [0.2, 0.25) is 0 Å². The van der Waals surface area contributed by atoms with Crippen molar-refractivity contribution in [3.63, 3.8) is 0 Å². The lowest BCUT2D eigenvalue weighted by molar-refractivity contribution is -0.136.